The molecule has 0 saturated carbocycles. The number of nitrogens with one attached hydrogen (secondary N) is 1. The molecule has 1 saturated heterocycles. The maximum atomic E-state index is 12.9. The molecule has 2 heterocycles. The molecule has 2 aromatic carbocycles. The van der Waals surface area contributed by atoms with E-state index in [1.807, 2.05) is 60.0 Å². The molecule has 4 rings (SSSR count). The van der Waals surface area contributed by atoms with Crippen LogP contribution < -0.4 is 15.0 Å². The lowest BCUT2D eigenvalue weighted by molar-refractivity contribution is -0.115. The molecule has 0 radical (unpaired) electrons. The number of methoxy groups -OCH3 is 1. The van der Waals surface area contributed by atoms with Crippen LogP contribution in [0.15, 0.2) is 53.7 Å². The van der Waals surface area contributed by atoms with Gasteiger partial charge in [-0.25, -0.2) is 0 Å². The van der Waals surface area contributed by atoms with Crippen molar-refractivity contribution in [2.45, 2.75) is 30.2 Å². The number of thioether (sulfide) groups is 1. The maximum Gasteiger partial charge on any atom is 0.237 e. The highest BCUT2D eigenvalue weighted by Gasteiger charge is 2.25. The predicted octanol–water partition coefficient (Wildman–Crippen LogP) is 4.65. The fourth-order valence-electron chi connectivity index (χ4n) is 3.50. The summed E-state index contributed by atoms with van der Waals surface area (Å²) in [5, 5.41) is 12.7. The van der Waals surface area contributed by atoms with E-state index in [0.29, 0.717) is 21.6 Å². The van der Waals surface area contributed by atoms with Gasteiger partial charge in [0.1, 0.15) is 5.75 Å². The van der Waals surface area contributed by atoms with Crippen molar-refractivity contribution < 1.29 is 9.53 Å². The first kappa shape index (κ1) is 21.5. The molecule has 0 aliphatic carbocycles. The minimum Gasteiger partial charge on any atom is -0.495 e. The first-order valence-corrected chi connectivity index (χ1v) is 11.4. The molecule has 3 aromatic rings. The molecule has 1 aliphatic rings. The lowest BCUT2D eigenvalue weighted by Gasteiger charge is -2.19. The van der Waals surface area contributed by atoms with Crippen molar-refractivity contribution in [2.24, 2.45) is 0 Å². The Bertz CT molecular complexity index is 1070. The summed E-state index contributed by atoms with van der Waals surface area (Å²) in [5.74, 6) is 1.25. The largest absolute Gasteiger partial charge is 0.495 e. The topological polar surface area (TPSA) is 72.3 Å². The molecule has 31 heavy (non-hydrogen) atoms. The first-order valence-electron chi connectivity index (χ1n) is 10.1. The molecule has 0 spiro atoms. The molecule has 1 N–H and O–H groups in total. The third kappa shape index (κ3) is 4.80. The molecule has 0 unspecified atom stereocenters. The molecule has 1 atom stereocenters. The van der Waals surface area contributed by atoms with Gasteiger partial charge in [0, 0.05) is 18.1 Å². The summed E-state index contributed by atoms with van der Waals surface area (Å²) in [6, 6.07) is 14.9. The van der Waals surface area contributed by atoms with Crippen LogP contribution in [0.3, 0.4) is 0 Å². The third-order valence-electron chi connectivity index (χ3n) is 5.09. The number of hydrogen-bond donors (Lipinski definition) is 1. The van der Waals surface area contributed by atoms with Gasteiger partial charge >= 0.3 is 0 Å². The van der Waals surface area contributed by atoms with Crippen molar-refractivity contribution in [3.8, 4) is 11.4 Å². The second kappa shape index (κ2) is 9.62. The number of halogens is 1. The van der Waals surface area contributed by atoms with Crippen molar-refractivity contribution in [1.29, 1.82) is 0 Å². The molecule has 1 aliphatic heterocycles. The Morgan fingerprint density at radius 2 is 1.94 bits per heavy atom. The number of rotatable bonds is 7. The zero-order chi connectivity index (χ0) is 21.8. The number of carbonyl (C=O) groups is 1. The Kier molecular flexibility index (Phi) is 6.67. The molecular formula is C22H24ClN5O2S. The normalized spacial score (nSPS) is 14.5. The van der Waals surface area contributed by atoms with Crippen LogP contribution in [-0.2, 0) is 4.79 Å². The van der Waals surface area contributed by atoms with E-state index in [2.05, 4.69) is 20.4 Å². The third-order valence-corrected chi connectivity index (χ3v) is 6.37. The van der Waals surface area contributed by atoms with Gasteiger partial charge in [-0.15, -0.1) is 10.2 Å². The highest BCUT2D eigenvalue weighted by Crippen LogP contribution is 2.32. The van der Waals surface area contributed by atoms with E-state index in [1.165, 1.54) is 11.8 Å². The summed E-state index contributed by atoms with van der Waals surface area (Å²) in [6.07, 6.45) is 2.26. The monoisotopic (exact) mass is 457 g/mol. The molecule has 7 nitrogen and oxygen atoms in total. The minimum absolute atomic E-state index is 0.141. The lowest BCUT2D eigenvalue weighted by atomic mass is 10.3. The summed E-state index contributed by atoms with van der Waals surface area (Å²) < 4.78 is 7.31. The van der Waals surface area contributed by atoms with E-state index in [1.54, 1.807) is 7.11 Å². The van der Waals surface area contributed by atoms with Gasteiger partial charge in [-0.2, -0.15) is 0 Å². The van der Waals surface area contributed by atoms with Crippen LogP contribution in [0.4, 0.5) is 11.6 Å². The average molecular weight is 458 g/mol. The lowest BCUT2D eigenvalue weighted by Crippen LogP contribution is -2.24. The van der Waals surface area contributed by atoms with E-state index in [9.17, 15) is 4.79 Å². The summed E-state index contributed by atoms with van der Waals surface area (Å²) >= 11 is 7.61. The molecule has 1 aromatic heterocycles. The van der Waals surface area contributed by atoms with Crippen molar-refractivity contribution in [2.75, 3.05) is 30.4 Å². The highest BCUT2D eigenvalue weighted by molar-refractivity contribution is 8.00. The van der Waals surface area contributed by atoms with Crippen LogP contribution >= 0.6 is 23.4 Å². The number of ether oxygens (including phenoxy) is 1. The van der Waals surface area contributed by atoms with Gasteiger partial charge in [0.05, 0.1) is 23.7 Å². The van der Waals surface area contributed by atoms with Gasteiger partial charge in [0.15, 0.2) is 5.16 Å². The smallest absolute Gasteiger partial charge is 0.237 e. The van der Waals surface area contributed by atoms with Gasteiger partial charge in [-0.05, 0) is 50.1 Å². The quantitative estimate of drug-likeness (QED) is 0.521. The van der Waals surface area contributed by atoms with Crippen molar-refractivity contribution in [3.63, 3.8) is 0 Å². The van der Waals surface area contributed by atoms with E-state index >= 15 is 0 Å². The van der Waals surface area contributed by atoms with Gasteiger partial charge < -0.3 is 15.0 Å². The van der Waals surface area contributed by atoms with Gasteiger partial charge in [0.25, 0.3) is 0 Å². The standard InChI is InChI=1S/C22H24ClN5O2S/c1-15(20(29)24-18-10-3-4-11-19(18)30-2)31-22-26-25-21(27-12-5-6-13-27)28(22)17-9-7-8-16(23)14-17/h3-4,7-11,14-15H,5-6,12-13H2,1-2H3,(H,24,29)/t15-/m1/s1. The van der Waals surface area contributed by atoms with E-state index in [0.717, 1.165) is 37.6 Å². The van der Waals surface area contributed by atoms with Crippen LogP contribution in [-0.4, -0.2) is 46.1 Å². The highest BCUT2D eigenvalue weighted by atomic mass is 35.5. The summed E-state index contributed by atoms with van der Waals surface area (Å²) in [7, 11) is 1.58. The number of benzene rings is 2. The molecular weight excluding hydrogens is 434 g/mol. The van der Waals surface area contributed by atoms with Gasteiger partial charge in [-0.3, -0.25) is 9.36 Å². The molecule has 162 valence electrons. The predicted molar refractivity (Wildman–Crippen MR) is 125 cm³/mol. The summed E-state index contributed by atoms with van der Waals surface area (Å²) in [5.41, 5.74) is 1.51. The fourth-order valence-corrected chi connectivity index (χ4v) is 4.54. The summed E-state index contributed by atoms with van der Waals surface area (Å²) in [6.45, 7) is 3.72. The Morgan fingerprint density at radius 3 is 2.68 bits per heavy atom. The number of anilines is 2. The Hall–Kier alpha value is -2.71. The Labute approximate surface area is 190 Å². The first-order chi connectivity index (χ1) is 15.1. The molecule has 9 heteroatoms. The number of nitrogens with zero attached hydrogens (tertiary/aromatic N) is 4. The van der Waals surface area contributed by atoms with Crippen molar-refractivity contribution in [3.05, 3.63) is 53.6 Å². The van der Waals surface area contributed by atoms with Crippen LogP contribution in [0.25, 0.3) is 5.69 Å². The number of para-hydroxylation sites is 2. The van der Waals surface area contributed by atoms with Gasteiger partial charge in [0.2, 0.25) is 11.9 Å². The van der Waals surface area contributed by atoms with Crippen LogP contribution in [0.2, 0.25) is 5.02 Å². The van der Waals surface area contributed by atoms with E-state index in [4.69, 9.17) is 16.3 Å². The van der Waals surface area contributed by atoms with Gasteiger partial charge in [-0.1, -0.05) is 41.6 Å². The number of amides is 1. The second-order valence-electron chi connectivity index (χ2n) is 7.24. The number of aromatic nitrogens is 3. The zero-order valence-corrected chi connectivity index (χ0v) is 19.0. The molecule has 1 fully saturated rings. The molecule has 0 bridgehead atoms. The Balaban J connectivity index is 1.59. The summed E-state index contributed by atoms with van der Waals surface area (Å²) in [4.78, 5) is 15.1. The number of hydrogen-bond acceptors (Lipinski definition) is 6. The Morgan fingerprint density at radius 1 is 1.16 bits per heavy atom. The SMILES string of the molecule is COc1ccccc1NC(=O)[C@@H](C)Sc1nnc(N2CCCC2)n1-c1cccc(Cl)c1. The van der Waals surface area contributed by atoms with Crippen molar-refractivity contribution in [1.82, 2.24) is 14.8 Å². The van der Waals surface area contributed by atoms with Crippen LogP contribution in [0.5, 0.6) is 5.75 Å². The van der Waals surface area contributed by atoms with Crippen LogP contribution in [0.1, 0.15) is 19.8 Å². The fraction of sp³-hybridized carbons (Fsp3) is 0.318. The average Bonchev–Trinajstić information content (AvgIpc) is 3.44. The maximum absolute atomic E-state index is 12.9. The second-order valence-corrected chi connectivity index (χ2v) is 8.99. The zero-order valence-electron chi connectivity index (χ0n) is 17.4. The minimum atomic E-state index is -0.404. The van der Waals surface area contributed by atoms with E-state index < -0.39 is 5.25 Å². The van der Waals surface area contributed by atoms with E-state index in [-0.39, 0.29) is 5.91 Å². The number of carbonyl (C=O) groups excluding carboxylic acids is 1. The van der Waals surface area contributed by atoms with Crippen molar-refractivity contribution >= 4 is 40.9 Å². The molecule has 1 amide bonds. The van der Waals surface area contributed by atoms with Crippen LogP contribution in [0, 0.1) is 0 Å².